The molecular weight excluding hydrogens is 441 g/mol. The third kappa shape index (κ3) is 5.67. The summed E-state index contributed by atoms with van der Waals surface area (Å²) in [4.78, 5) is 22.8. The van der Waals surface area contributed by atoms with Gasteiger partial charge in [-0.15, -0.1) is 0 Å². The van der Waals surface area contributed by atoms with Crippen LogP contribution in [0.25, 0.3) is 0 Å². The lowest BCUT2D eigenvalue weighted by atomic mass is 9.95. The largest absolute Gasteiger partial charge is 0.611 e. The summed E-state index contributed by atoms with van der Waals surface area (Å²) >= 11 is -1.33. The van der Waals surface area contributed by atoms with E-state index in [9.17, 15) is 22.5 Å². The monoisotopic (exact) mass is 464 g/mol. The fourth-order valence-corrected chi connectivity index (χ4v) is 5.29. The van der Waals surface area contributed by atoms with Crippen molar-refractivity contribution in [2.45, 2.75) is 35.7 Å². The highest BCUT2D eigenvalue weighted by molar-refractivity contribution is 7.92. The van der Waals surface area contributed by atoms with E-state index in [0.717, 1.165) is 5.71 Å². The number of piperidine rings is 1. The predicted molar refractivity (Wildman–Crippen MR) is 115 cm³/mol. The fourth-order valence-electron chi connectivity index (χ4n) is 3.91. The number of nitrogens with one attached hydrogen (secondary N) is 1. The van der Waals surface area contributed by atoms with Gasteiger partial charge in [0.2, 0.25) is 0 Å². The van der Waals surface area contributed by atoms with Crippen molar-refractivity contribution in [3.8, 4) is 0 Å². The molecule has 3 heterocycles. The van der Waals surface area contributed by atoms with E-state index in [2.05, 4.69) is 15.3 Å². The number of aromatic nitrogens is 1. The Balaban J connectivity index is 1.26. The van der Waals surface area contributed by atoms with Gasteiger partial charge in [-0.05, 0) is 35.5 Å². The van der Waals surface area contributed by atoms with Crippen LogP contribution in [0, 0.1) is 5.92 Å². The highest BCUT2D eigenvalue weighted by Gasteiger charge is 2.35. The molecule has 3 aliphatic rings. The van der Waals surface area contributed by atoms with Crippen LogP contribution in [0.4, 0.5) is 13.2 Å². The van der Waals surface area contributed by atoms with Crippen molar-refractivity contribution in [3.05, 3.63) is 60.1 Å². The summed E-state index contributed by atoms with van der Waals surface area (Å²) in [5, 5.41) is 2.64. The molecule has 1 amide bonds. The summed E-state index contributed by atoms with van der Waals surface area (Å²) in [5.41, 5.74) is 2.11. The number of halogens is 3. The van der Waals surface area contributed by atoms with Crippen LogP contribution in [-0.2, 0) is 22.5 Å². The number of alkyl halides is 3. The lowest BCUT2D eigenvalue weighted by Gasteiger charge is -2.32. The molecule has 2 aliphatic heterocycles. The zero-order valence-corrected chi connectivity index (χ0v) is 18.0. The minimum atomic E-state index is -4.21. The number of amides is 1. The molecule has 1 fully saturated rings. The summed E-state index contributed by atoms with van der Waals surface area (Å²) in [5.74, 6) is -0.172. The first kappa shape index (κ1) is 22.8. The first-order valence-electron chi connectivity index (χ1n) is 10.4. The molecule has 1 aromatic heterocycles. The number of rotatable bonds is 6. The van der Waals surface area contributed by atoms with E-state index in [-0.39, 0.29) is 36.7 Å². The summed E-state index contributed by atoms with van der Waals surface area (Å²) in [6.07, 6.45) is 7.28. The minimum absolute atomic E-state index is 0.0356. The number of nitrogens with zero attached hydrogens (tertiary/aromatic N) is 3. The van der Waals surface area contributed by atoms with E-state index in [1.54, 1.807) is 24.4 Å². The van der Waals surface area contributed by atoms with Gasteiger partial charge in [-0.1, -0.05) is 12.2 Å². The molecule has 1 aromatic rings. The molecule has 0 spiro atoms. The van der Waals surface area contributed by atoms with Crippen LogP contribution in [-0.4, -0.2) is 57.1 Å². The van der Waals surface area contributed by atoms with Gasteiger partial charge in [0.05, 0.1) is 30.7 Å². The highest BCUT2D eigenvalue weighted by Crippen LogP contribution is 2.26. The first-order valence-corrected chi connectivity index (χ1v) is 11.6. The Labute approximate surface area is 187 Å². The molecule has 0 aromatic carbocycles. The molecule has 1 N–H and O–H groups in total. The molecule has 2 atom stereocenters. The number of carbonyl (C=O) groups is 1. The number of allylic oxidation sites excluding steroid dienone is 3. The van der Waals surface area contributed by atoms with E-state index >= 15 is 0 Å². The van der Waals surface area contributed by atoms with Crippen LogP contribution in [0.1, 0.15) is 18.5 Å². The van der Waals surface area contributed by atoms with E-state index < -0.39 is 23.9 Å². The molecule has 0 saturated carbocycles. The second kappa shape index (κ2) is 9.60. The number of hydrogen-bond donors (Lipinski definition) is 1. The molecule has 4 rings (SSSR count). The Morgan fingerprint density at radius 2 is 2.03 bits per heavy atom. The first-order chi connectivity index (χ1) is 15.3. The van der Waals surface area contributed by atoms with Crippen LogP contribution in [0.15, 0.2) is 64.3 Å². The Morgan fingerprint density at radius 1 is 1.25 bits per heavy atom. The maximum atomic E-state index is 12.8. The molecule has 32 heavy (non-hydrogen) atoms. The summed E-state index contributed by atoms with van der Waals surface area (Å²) in [7, 11) is 0. The normalized spacial score (nSPS) is 22.3. The minimum Gasteiger partial charge on any atom is -0.611 e. The van der Waals surface area contributed by atoms with E-state index in [0.29, 0.717) is 29.0 Å². The Hall–Kier alpha value is -2.43. The molecular formula is C22H23F3N4O2S. The van der Waals surface area contributed by atoms with Crippen LogP contribution in [0.2, 0.25) is 0 Å². The van der Waals surface area contributed by atoms with Gasteiger partial charge in [0.15, 0.2) is 4.90 Å². The molecule has 2 unspecified atom stereocenters. The van der Waals surface area contributed by atoms with Crippen molar-refractivity contribution < 1.29 is 22.5 Å². The Bertz CT molecular complexity index is 964. The van der Waals surface area contributed by atoms with Crippen LogP contribution >= 0.6 is 0 Å². The van der Waals surface area contributed by atoms with Crippen LogP contribution < -0.4 is 5.32 Å². The van der Waals surface area contributed by atoms with Crippen molar-refractivity contribution in [2.75, 3.05) is 19.6 Å². The number of likely N-dealkylation sites (tertiary alicyclic amines) is 1. The summed E-state index contributed by atoms with van der Waals surface area (Å²) < 4.78 is 50.4. The predicted octanol–water partition coefficient (Wildman–Crippen LogP) is 2.91. The van der Waals surface area contributed by atoms with Crippen molar-refractivity contribution in [2.24, 2.45) is 10.9 Å². The number of fused-ring (bicyclic) bond motifs is 1. The van der Waals surface area contributed by atoms with Crippen molar-refractivity contribution in [1.82, 2.24) is 15.2 Å². The average Bonchev–Trinajstić information content (AvgIpc) is 3.25. The van der Waals surface area contributed by atoms with Gasteiger partial charge in [-0.3, -0.25) is 19.7 Å². The lowest BCUT2D eigenvalue weighted by molar-refractivity contribution is -0.147. The van der Waals surface area contributed by atoms with Crippen molar-refractivity contribution in [1.29, 1.82) is 0 Å². The molecule has 170 valence electrons. The summed E-state index contributed by atoms with van der Waals surface area (Å²) in [6, 6.07) is 3.42. The third-order valence-corrected chi connectivity index (χ3v) is 7.40. The topological polar surface area (TPSA) is 80.6 Å². The number of carbonyl (C=O) groups excluding carboxylic acids is 1. The number of pyridine rings is 1. The fraction of sp³-hybridized carbons (Fsp3) is 0.409. The van der Waals surface area contributed by atoms with Crippen molar-refractivity contribution >= 4 is 22.8 Å². The Kier molecular flexibility index (Phi) is 6.82. The van der Waals surface area contributed by atoms with Gasteiger partial charge in [0.25, 0.3) is 5.91 Å². The maximum absolute atomic E-state index is 12.8. The quantitative estimate of drug-likeness (QED) is 0.657. The number of aliphatic imine (C=N–C) groups is 1. The molecule has 1 saturated heterocycles. The second-order valence-corrected chi connectivity index (χ2v) is 9.67. The van der Waals surface area contributed by atoms with Gasteiger partial charge in [0, 0.05) is 43.6 Å². The van der Waals surface area contributed by atoms with Crippen LogP contribution in [0.5, 0.6) is 0 Å². The van der Waals surface area contributed by atoms with Gasteiger partial charge in [-0.25, -0.2) is 0 Å². The third-order valence-electron chi connectivity index (χ3n) is 5.61. The van der Waals surface area contributed by atoms with E-state index in [4.69, 9.17) is 0 Å². The Morgan fingerprint density at radius 3 is 2.72 bits per heavy atom. The maximum Gasteiger partial charge on any atom is 0.401 e. The molecule has 10 heteroatoms. The van der Waals surface area contributed by atoms with Crippen molar-refractivity contribution in [3.63, 3.8) is 0 Å². The molecule has 0 radical (unpaired) electrons. The number of hydrogen-bond acceptors (Lipinski definition) is 5. The SMILES string of the molecule is O=C(NCc1ccc([S+]([O-])C2CCN(CC(F)(F)F)CC2)cn1)C1=CC2C=CN=C2C=C1. The second-order valence-electron chi connectivity index (χ2n) is 7.93. The molecule has 6 nitrogen and oxygen atoms in total. The smallest absolute Gasteiger partial charge is 0.401 e. The van der Waals surface area contributed by atoms with E-state index in [1.165, 1.54) is 11.1 Å². The zero-order valence-electron chi connectivity index (χ0n) is 17.2. The zero-order chi connectivity index (χ0) is 22.7. The van der Waals surface area contributed by atoms with Gasteiger partial charge in [0.1, 0.15) is 5.25 Å². The van der Waals surface area contributed by atoms with E-state index in [1.807, 2.05) is 18.2 Å². The van der Waals surface area contributed by atoms with Gasteiger partial charge < -0.3 is 9.87 Å². The molecule has 1 aliphatic carbocycles. The lowest BCUT2D eigenvalue weighted by Crippen LogP contribution is -2.43. The summed E-state index contributed by atoms with van der Waals surface area (Å²) in [6.45, 7) is -0.134. The van der Waals surface area contributed by atoms with Crippen LogP contribution in [0.3, 0.4) is 0 Å². The van der Waals surface area contributed by atoms with Gasteiger partial charge >= 0.3 is 6.18 Å². The van der Waals surface area contributed by atoms with Gasteiger partial charge in [-0.2, -0.15) is 13.2 Å². The standard InChI is InChI=1S/C22H23F3N4O2S/c23-22(24,25)14-29-9-6-18(7-10-29)32(31)19-3-2-17(27-13-19)12-28-21(30)16-1-4-20-15(11-16)5-8-26-20/h1-5,8,11,13,15,18H,6-7,9-10,12,14H2,(H,28,30). The average molecular weight is 465 g/mol. The highest BCUT2D eigenvalue weighted by atomic mass is 32.2. The molecule has 0 bridgehead atoms.